The number of hydrogen-bond acceptors (Lipinski definition) is 3. The minimum Gasteiger partial charge on any atom is -0.484 e. The fourth-order valence-corrected chi connectivity index (χ4v) is 2.26. The Morgan fingerprint density at radius 2 is 1.83 bits per heavy atom. The summed E-state index contributed by atoms with van der Waals surface area (Å²) in [6.45, 7) is 3.95. The molecule has 0 radical (unpaired) electrons. The van der Waals surface area contributed by atoms with Gasteiger partial charge in [0.1, 0.15) is 5.75 Å². The van der Waals surface area contributed by atoms with Gasteiger partial charge in [0.2, 0.25) is 0 Å². The highest BCUT2D eigenvalue weighted by Gasteiger charge is 2.02. The first kappa shape index (κ1) is 16.7. The number of hydrogen-bond donors (Lipinski definition) is 1. The van der Waals surface area contributed by atoms with Gasteiger partial charge in [0, 0.05) is 6.21 Å². The van der Waals surface area contributed by atoms with E-state index in [0.29, 0.717) is 5.75 Å². The zero-order valence-corrected chi connectivity index (χ0v) is 13.6. The maximum atomic E-state index is 11.7. The SMILES string of the molecule is Cc1cc(C)cc(OCC(=O)NN=CCCc2ccccc2)c1. The highest BCUT2D eigenvalue weighted by molar-refractivity contribution is 5.78. The van der Waals surface area contributed by atoms with Crippen molar-refractivity contribution in [2.45, 2.75) is 26.7 Å². The second kappa shape index (κ2) is 8.73. The standard InChI is InChI=1S/C19H22N2O2/c1-15-11-16(2)13-18(12-15)23-14-19(22)21-20-10-6-9-17-7-4-3-5-8-17/h3-5,7-8,10-13H,6,9,14H2,1-2H3,(H,21,22). The molecule has 0 saturated heterocycles. The molecule has 23 heavy (non-hydrogen) atoms. The van der Waals surface area contributed by atoms with Gasteiger partial charge in [0.05, 0.1) is 0 Å². The Kier molecular flexibility index (Phi) is 6.36. The molecular formula is C19H22N2O2. The summed E-state index contributed by atoms with van der Waals surface area (Å²) in [7, 11) is 0. The molecule has 2 aromatic rings. The van der Waals surface area contributed by atoms with Gasteiger partial charge in [0.25, 0.3) is 5.91 Å². The molecule has 0 unspecified atom stereocenters. The first-order chi connectivity index (χ1) is 11.1. The van der Waals surface area contributed by atoms with Crippen LogP contribution in [-0.4, -0.2) is 18.7 Å². The van der Waals surface area contributed by atoms with E-state index in [1.165, 1.54) is 5.56 Å². The predicted molar refractivity (Wildman–Crippen MR) is 92.8 cm³/mol. The maximum Gasteiger partial charge on any atom is 0.277 e. The van der Waals surface area contributed by atoms with Gasteiger partial charge in [-0.1, -0.05) is 36.4 Å². The van der Waals surface area contributed by atoms with E-state index in [9.17, 15) is 4.79 Å². The summed E-state index contributed by atoms with van der Waals surface area (Å²) in [6, 6.07) is 16.0. The van der Waals surface area contributed by atoms with E-state index in [1.807, 2.05) is 44.2 Å². The number of carbonyl (C=O) groups excluding carboxylic acids is 1. The molecule has 0 bridgehead atoms. The third-order valence-electron chi connectivity index (χ3n) is 3.25. The van der Waals surface area contributed by atoms with Crippen LogP contribution in [-0.2, 0) is 11.2 Å². The molecule has 4 nitrogen and oxygen atoms in total. The van der Waals surface area contributed by atoms with Crippen LogP contribution in [0, 0.1) is 13.8 Å². The summed E-state index contributed by atoms with van der Waals surface area (Å²) in [4.78, 5) is 11.7. The summed E-state index contributed by atoms with van der Waals surface area (Å²) in [5.41, 5.74) is 5.95. The topological polar surface area (TPSA) is 50.7 Å². The van der Waals surface area contributed by atoms with Gasteiger partial charge in [0.15, 0.2) is 6.61 Å². The molecule has 1 amide bonds. The van der Waals surface area contributed by atoms with Crippen molar-refractivity contribution in [1.29, 1.82) is 0 Å². The van der Waals surface area contributed by atoms with Gasteiger partial charge in [-0.25, -0.2) is 5.43 Å². The highest BCUT2D eigenvalue weighted by Crippen LogP contribution is 2.15. The lowest BCUT2D eigenvalue weighted by atomic mass is 10.1. The molecule has 0 fully saturated rings. The molecule has 4 heteroatoms. The van der Waals surface area contributed by atoms with Crippen LogP contribution in [0.2, 0.25) is 0 Å². The van der Waals surface area contributed by atoms with E-state index in [4.69, 9.17) is 4.74 Å². The summed E-state index contributed by atoms with van der Waals surface area (Å²) < 4.78 is 5.47. The monoisotopic (exact) mass is 310 g/mol. The molecule has 0 aromatic heterocycles. The molecule has 0 atom stereocenters. The number of benzene rings is 2. The molecule has 1 N–H and O–H groups in total. The van der Waals surface area contributed by atoms with Crippen LogP contribution >= 0.6 is 0 Å². The number of hydrazone groups is 1. The Bertz CT molecular complexity index is 646. The van der Waals surface area contributed by atoms with Gasteiger partial charge in [-0.2, -0.15) is 5.10 Å². The molecule has 120 valence electrons. The molecule has 0 aliphatic heterocycles. The maximum absolute atomic E-state index is 11.7. The number of nitrogens with zero attached hydrogens (tertiary/aromatic N) is 1. The molecular weight excluding hydrogens is 288 g/mol. The van der Waals surface area contributed by atoms with Crippen molar-refractivity contribution in [3.8, 4) is 5.75 Å². The van der Waals surface area contributed by atoms with Gasteiger partial charge in [-0.15, -0.1) is 0 Å². The van der Waals surface area contributed by atoms with Gasteiger partial charge >= 0.3 is 0 Å². The number of aryl methyl sites for hydroxylation is 3. The number of rotatable bonds is 7. The number of ether oxygens (including phenoxy) is 1. The lowest BCUT2D eigenvalue weighted by Gasteiger charge is -2.07. The van der Waals surface area contributed by atoms with Crippen LogP contribution in [0.25, 0.3) is 0 Å². The molecule has 0 aliphatic rings. The fraction of sp³-hybridized carbons (Fsp3) is 0.263. The largest absolute Gasteiger partial charge is 0.484 e. The molecule has 2 aromatic carbocycles. The van der Waals surface area contributed by atoms with Crippen molar-refractivity contribution in [1.82, 2.24) is 5.43 Å². The van der Waals surface area contributed by atoms with E-state index < -0.39 is 0 Å². The lowest BCUT2D eigenvalue weighted by Crippen LogP contribution is -2.24. The van der Waals surface area contributed by atoms with Crippen LogP contribution in [0.15, 0.2) is 53.6 Å². The van der Waals surface area contributed by atoms with Crippen molar-refractivity contribution in [2.24, 2.45) is 5.10 Å². The number of nitrogens with one attached hydrogen (secondary N) is 1. The van der Waals surface area contributed by atoms with E-state index in [2.05, 4.69) is 28.7 Å². The van der Waals surface area contributed by atoms with Crippen molar-refractivity contribution in [3.05, 3.63) is 65.2 Å². The highest BCUT2D eigenvalue weighted by atomic mass is 16.5. The van der Waals surface area contributed by atoms with Crippen molar-refractivity contribution in [2.75, 3.05) is 6.61 Å². The summed E-state index contributed by atoms with van der Waals surface area (Å²) in [5.74, 6) is 0.436. The molecule has 0 heterocycles. The average molecular weight is 310 g/mol. The normalized spacial score (nSPS) is 10.7. The third-order valence-corrected chi connectivity index (χ3v) is 3.25. The smallest absolute Gasteiger partial charge is 0.277 e. The second-order valence-corrected chi connectivity index (χ2v) is 5.48. The number of carbonyl (C=O) groups is 1. The molecule has 0 saturated carbocycles. The Labute approximate surface area is 137 Å². The first-order valence-corrected chi connectivity index (χ1v) is 7.69. The Hall–Kier alpha value is -2.62. The van der Waals surface area contributed by atoms with E-state index in [-0.39, 0.29) is 12.5 Å². The molecule has 0 aliphatic carbocycles. The van der Waals surface area contributed by atoms with Crippen LogP contribution in [0.5, 0.6) is 5.75 Å². The van der Waals surface area contributed by atoms with E-state index >= 15 is 0 Å². The summed E-state index contributed by atoms with van der Waals surface area (Å²) in [6.07, 6.45) is 3.39. The van der Waals surface area contributed by atoms with E-state index in [0.717, 1.165) is 24.0 Å². The second-order valence-electron chi connectivity index (χ2n) is 5.48. The average Bonchev–Trinajstić information content (AvgIpc) is 2.53. The Morgan fingerprint density at radius 1 is 1.13 bits per heavy atom. The zero-order valence-electron chi connectivity index (χ0n) is 13.6. The Balaban J connectivity index is 1.67. The van der Waals surface area contributed by atoms with Crippen LogP contribution in [0.4, 0.5) is 0 Å². The predicted octanol–water partition coefficient (Wildman–Crippen LogP) is 3.42. The van der Waals surface area contributed by atoms with Crippen LogP contribution in [0.1, 0.15) is 23.1 Å². The van der Waals surface area contributed by atoms with Gasteiger partial charge in [-0.3, -0.25) is 4.79 Å². The summed E-state index contributed by atoms with van der Waals surface area (Å²) >= 11 is 0. The lowest BCUT2D eigenvalue weighted by molar-refractivity contribution is -0.123. The fourth-order valence-electron chi connectivity index (χ4n) is 2.26. The molecule has 0 spiro atoms. The van der Waals surface area contributed by atoms with Crippen molar-refractivity contribution >= 4 is 12.1 Å². The zero-order chi connectivity index (χ0) is 16.5. The minimum absolute atomic E-state index is 0.0427. The Morgan fingerprint density at radius 3 is 2.52 bits per heavy atom. The van der Waals surface area contributed by atoms with Gasteiger partial charge < -0.3 is 4.74 Å². The molecule has 2 rings (SSSR count). The van der Waals surface area contributed by atoms with Gasteiger partial charge in [-0.05, 0) is 55.5 Å². The van der Waals surface area contributed by atoms with Crippen LogP contribution < -0.4 is 10.2 Å². The summed E-state index contributed by atoms with van der Waals surface area (Å²) in [5, 5.41) is 3.93. The van der Waals surface area contributed by atoms with Crippen molar-refractivity contribution < 1.29 is 9.53 Å². The van der Waals surface area contributed by atoms with Crippen molar-refractivity contribution in [3.63, 3.8) is 0 Å². The minimum atomic E-state index is -0.264. The van der Waals surface area contributed by atoms with Crippen LogP contribution in [0.3, 0.4) is 0 Å². The first-order valence-electron chi connectivity index (χ1n) is 7.69. The third kappa shape index (κ3) is 6.34. The number of amides is 1. The van der Waals surface area contributed by atoms with E-state index in [1.54, 1.807) is 6.21 Å². The quantitative estimate of drug-likeness (QED) is 0.629.